The van der Waals surface area contributed by atoms with Crippen molar-refractivity contribution in [3.8, 4) is 5.75 Å². The molecule has 2 atom stereocenters. The first kappa shape index (κ1) is 19.1. The number of nitrogens with two attached hydrogens (primary N) is 1. The van der Waals surface area contributed by atoms with E-state index in [0.717, 1.165) is 29.7 Å². The maximum atomic E-state index is 12.6. The second-order valence-electron chi connectivity index (χ2n) is 7.27. The van der Waals surface area contributed by atoms with Crippen molar-refractivity contribution in [3.63, 3.8) is 0 Å². The SMILES string of the molecule is COc1ccc(C)cc1CC(=O)NC1C2CCCC1CC(N)C2.Cl. The first-order chi connectivity index (χ1) is 11.1. The van der Waals surface area contributed by atoms with Crippen molar-refractivity contribution >= 4 is 18.3 Å². The molecule has 24 heavy (non-hydrogen) atoms. The van der Waals surface area contributed by atoms with Crippen LogP contribution in [0.1, 0.15) is 43.2 Å². The number of amides is 1. The van der Waals surface area contributed by atoms with E-state index in [4.69, 9.17) is 10.5 Å². The third-order valence-corrected chi connectivity index (χ3v) is 5.49. The van der Waals surface area contributed by atoms with Crippen molar-refractivity contribution in [2.45, 2.75) is 57.5 Å². The van der Waals surface area contributed by atoms with Gasteiger partial charge in [-0.2, -0.15) is 0 Å². The molecule has 2 aliphatic carbocycles. The molecule has 3 N–H and O–H groups in total. The highest BCUT2D eigenvalue weighted by atomic mass is 35.5. The fourth-order valence-electron chi connectivity index (χ4n) is 4.48. The third-order valence-electron chi connectivity index (χ3n) is 5.49. The first-order valence-corrected chi connectivity index (χ1v) is 8.75. The van der Waals surface area contributed by atoms with Gasteiger partial charge in [0.25, 0.3) is 0 Å². The zero-order valence-corrected chi connectivity index (χ0v) is 15.4. The maximum Gasteiger partial charge on any atom is 0.224 e. The van der Waals surface area contributed by atoms with Crippen LogP contribution in [0, 0.1) is 18.8 Å². The molecule has 1 aromatic carbocycles. The Kier molecular flexibility index (Phi) is 6.53. The van der Waals surface area contributed by atoms with E-state index in [1.54, 1.807) is 7.11 Å². The fraction of sp³-hybridized carbons (Fsp3) is 0.632. The standard InChI is InChI=1S/C19H28N2O2.ClH/c1-12-6-7-17(23-2)15(8-12)11-18(22)21-19-13-4-3-5-14(19)10-16(20)9-13;/h6-8,13-14,16,19H,3-5,9-11,20H2,1-2H3,(H,21,22);1H. The van der Waals surface area contributed by atoms with Crippen LogP contribution < -0.4 is 15.8 Å². The van der Waals surface area contributed by atoms with Gasteiger partial charge in [-0.15, -0.1) is 12.4 Å². The number of rotatable bonds is 4. The number of hydrogen-bond acceptors (Lipinski definition) is 3. The molecule has 2 aliphatic rings. The molecule has 134 valence electrons. The number of ether oxygens (including phenoxy) is 1. The quantitative estimate of drug-likeness (QED) is 0.875. The molecule has 2 saturated carbocycles. The maximum absolute atomic E-state index is 12.6. The monoisotopic (exact) mass is 352 g/mol. The Hall–Kier alpha value is -1.26. The number of hydrogen-bond donors (Lipinski definition) is 2. The molecule has 0 aromatic heterocycles. The molecule has 0 spiro atoms. The second-order valence-corrected chi connectivity index (χ2v) is 7.27. The van der Waals surface area contributed by atoms with Crippen molar-refractivity contribution in [3.05, 3.63) is 29.3 Å². The Balaban J connectivity index is 0.00000208. The number of methoxy groups -OCH3 is 1. The average Bonchev–Trinajstić information content (AvgIpc) is 2.48. The van der Waals surface area contributed by atoms with Gasteiger partial charge in [-0.05, 0) is 50.5 Å². The smallest absolute Gasteiger partial charge is 0.224 e. The lowest BCUT2D eigenvalue weighted by molar-refractivity contribution is -0.122. The van der Waals surface area contributed by atoms with E-state index in [-0.39, 0.29) is 18.3 Å². The Morgan fingerprint density at radius 3 is 2.58 bits per heavy atom. The number of carbonyl (C=O) groups is 1. The number of halogens is 1. The molecule has 2 bridgehead atoms. The molecule has 2 unspecified atom stereocenters. The summed E-state index contributed by atoms with van der Waals surface area (Å²) in [6.45, 7) is 2.04. The van der Waals surface area contributed by atoms with Gasteiger partial charge in [-0.25, -0.2) is 0 Å². The molecule has 0 radical (unpaired) electrons. The van der Waals surface area contributed by atoms with Crippen LogP contribution in [0.4, 0.5) is 0 Å². The topological polar surface area (TPSA) is 64.3 Å². The molecule has 1 aromatic rings. The van der Waals surface area contributed by atoms with Gasteiger partial charge >= 0.3 is 0 Å². The van der Waals surface area contributed by atoms with Crippen molar-refractivity contribution in [2.24, 2.45) is 17.6 Å². The Labute approximate surface area is 150 Å². The Bertz CT molecular complexity index is 564. The van der Waals surface area contributed by atoms with Crippen LogP contribution >= 0.6 is 12.4 Å². The van der Waals surface area contributed by atoms with Gasteiger partial charge in [0.15, 0.2) is 0 Å². The van der Waals surface area contributed by atoms with E-state index in [1.807, 2.05) is 25.1 Å². The highest BCUT2D eigenvalue weighted by molar-refractivity contribution is 5.85. The summed E-state index contributed by atoms with van der Waals surface area (Å²) in [5, 5.41) is 3.31. The van der Waals surface area contributed by atoms with E-state index < -0.39 is 0 Å². The van der Waals surface area contributed by atoms with Crippen molar-refractivity contribution in [1.29, 1.82) is 0 Å². The number of benzene rings is 1. The Morgan fingerprint density at radius 2 is 1.96 bits per heavy atom. The van der Waals surface area contributed by atoms with Crippen molar-refractivity contribution in [1.82, 2.24) is 5.32 Å². The predicted octanol–water partition coefficient (Wildman–Crippen LogP) is 2.99. The minimum absolute atomic E-state index is 0. The van der Waals surface area contributed by atoms with Crippen LogP contribution in [-0.2, 0) is 11.2 Å². The molecule has 5 heteroatoms. The van der Waals surface area contributed by atoms with Gasteiger partial charge < -0.3 is 15.8 Å². The highest BCUT2D eigenvalue weighted by Gasteiger charge is 2.39. The summed E-state index contributed by atoms with van der Waals surface area (Å²) in [7, 11) is 1.65. The highest BCUT2D eigenvalue weighted by Crippen LogP contribution is 2.39. The average molecular weight is 353 g/mol. The van der Waals surface area contributed by atoms with Gasteiger partial charge in [0.1, 0.15) is 5.75 Å². The molecular formula is C19H29ClN2O2. The van der Waals surface area contributed by atoms with Gasteiger partial charge in [0.2, 0.25) is 5.91 Å². The minimum atomic E-state index is 0. The van der Waals surface area contributed by atoms with Crippen LogP contribution in [0.25, 0.3) is 0 Å². The van der Waals surface area contributed by atoms with Gasteiger partial charge in [-0.1, -0.05) is 24.1 Å². The summed E-state index contributed by atoms with van der Waals surface area (Å²) in [5.41, 5.74) is 8.28. The summed E-state index contributed by atoms with van der Waals surface area (Å²) in [5.74, 6) is 2.00. The van der Waals surface area contributed by atoms with Crippen LogP contribution in [0.15, 0.2) is 18.2 Å². The van der Waals surface area contributed by atoms with E-state index in [0.29, 0.717) is 30.3 Å². The molecule has 3 rings (SSSR count). The zero-order valence-electron chi connectivity index (χ0n) is 14.6. The number of nitrogens with one attached hydrogen (secondary N) is 1. The van der Waals surface area contributed by atoms with Gasteiger partial charge in [0.05, 0.1) is 13.5 Å². The second kappa shape index (κ2) is 8.21. The molecule has 0 saturated heterocycles. The number of carbonyl (C=O) groups excluding carboxylic acids is 1. The molecule has 0 heterocycles. The zero-order chi connectivity index (χ0) is 16.4. The third kappa shape index (κ3) is 4.22. The number of aryl methyl sites for hydroxylation is 1. The molecule has 0 aliphatic heterocycles. The van der Waals surface area contributed by atoms with Crippen LogP contribution in [0.5, 0.6) is 5.75 Å². The normalized spacial score (nSPS) is 28.6. The lowest BCUT2D eigenvalue weighted by Crippen LogP contribution is -2.54. The van der Waals surface area contributed by atoms with Gasteiger partial charge in [0, 0.05) is 17.6 Å². The minimum Gasteiger partial charge on any atom is -0.496 e. The summed E-state index contributed by atoms with van der Waals surface area (Å²) in [4.78, 5) is 12.6. The van der Waals surface area contributed by atoms with Crippen LogP contribution in [0.3, 0.4) is 0 Å². The predicted molar refractivity (Wildman–Crippen MR) is 98.7 cm³/mol. The van der Waals surface area contributed by atoms with Crippen LogP contribution in [0.2, 0.25) is 0 Å². The van der Waals surface area contributed by atoms with Crippen molar-refractivity contribution in [2.75, 3.05) is 7.11 Å². The van der Waals surface area contributed by atoms with E-state index in [9.17, 15) is 4.79 Å². The van der Waals surface area contributed by atoms with E-state index in [1.165, 1.54) is 19.3 Å². The van der Waals surface area contributed by atoms with E-state index >= 15 is 0 Å². The Morgan fingerprint density at radius 1 is 1.29 bits per heavy atom. The summed E-state index contributed by atoms with van der Waals surface area (Å²) >= 11 is 0. The largest absolute Gasteiger partial charge is 0.496 e. The lowest BCUT2D eigenvalue weighted by Gasteiger charge is -2.45. The molecule has 4 nitrogen and oxygen atoms in total. The van der Waals surface area contributed by atoms with Gasteiger partial charge in [-0.3, -0.25) is 4.79 Å². The summed E-state index contributed by atoms with van der Waals surface area (Å²) in [6.07, 6.45) is 6.16. The van der Waals surface area contributed by atoms with Crippen molar-refractivity contribution < 1.29 is 9.53 Å². The summed E-state index contributed by atoms with van der Waals surface area (Å²) < 4.78 is 5.38. The molecule has 1 amide bonds. The summed E-state index contributed by atoms with van der Waals surface area (Å²) in [6, 6.07) is 6.61. The first-order valence-electron chi connectivity index (χ1n) is 8.75. The molecule has 2 fully saturated rings. The fourth-order valence-corrected chi connectivity index (χ4v) is 4.48. The van der Waals surface area contributed by atoms with E-state index in [2.05, 4.69) is 5.32 Å². The lowest BCUT2D eigenvalue weighted by atomic mass is 9.67. The molecular weight excluding hydrogens is 324 g/mol. The number of fused-ring (bicyclic) bond motifs is 2. The van der Waals surface area contributed by atoms with Crippen LogP contribution in [-0.4, -0.2) is 25.1 Å².